The zero-order valence-corrected chi connectivity index (χ0v) is 13.8. The summed E-state index contributed by atoms with van der Waals surface area (Å²) < 4.78 is 0. The first-order chi connectivity index (χ1) is 10.3. The van der Waals surface area contributed by atoms with Crippen LogP contribution in [0.2, 0.25) is 0 Å². The minimum absolute atomic E-state index is 0.0258. The number of benzene rings is 1. The van der Waals surface area contributed by atoms with Gasteiger partial charge in [-0.05, 0) is 38.3 Å². The molecule has 0 saturated heterocycles. The Kier molecular flexibility index (Phi) is 7.05. The monoisotopic (exact) mass is 306 g/mol. The molecule has 0 saturated carbocycles. The highest BCUT2D eigenvalue weighted by Crippen LogP contribution is 2.08. The SMILES string of the molecule is Cc1cc(C)cc(C(=O)NCC(=O)NC(CCO)C(C)C)c1. The number of hydrogen-bond donors (Lipinski definition) is 3. The zero-order valence-electron chi connectivity index (χ0n) is 13.8. The van der Waals surface area contributed by atoms with E-state index in [4.69, 9.17) is 5.11 Å². The summed E-state index contributed by atoms with van der Waals surface area (Å²) in [6.07, 6.45) is 0.508. The number of amides is 2. The Bertz CT molecular complexity index is 506. The van der Waals surface area contributed by atoms with E-state index in [1.54, 1.807) is 12.1 Å². The van der Waals surface area contributed by atoms with Crippen molar-refractivity contribution in [1.82, 2.24) is 10.6 Å². The van der Waals surface area contributed by atoms with E-state index in [9.17, 15) is 9.59 Å². The largest absolute Gasteiger partial charge is 0.396 e. The first kappa shape index (κ1) is 18.2. The van der Waals surface area contributed by atoms with Crippen LogP contribution < -0.4 is 10.6 Å². The van der Waals surface area contributed by atoms with Crippen LogP contribution in [0.3, 0.4) is 0 Å². The summed E-state index contributed by atoms with van der Waals surface area (Å²) in [4.78, 5) is 24.0. The van der Waals surface area contributed by atoms with E-state index in [-0.39, 0.29) is 36.9 Å². The molecule has 2 amide bonds. The van der Waals surface area contributed by atoms with E-state index in [1.165, 1.54) is 0 Å². The highest BCUT2D eigenvalue weighted by Gasteiger charge is 2.16. The fraction of sp³-hybridized carbons (Fsp3) is 0.529. The van der Waals surface area contributed by atoms with Gasteiger partial charge in [0.25, 0.3) is 5.91 Å². The van der Waals surface area contributed by atoms with Crippen LogP contribution in [0.1, 0.15) is 41.8 Å². The van der Waals surface area contributed by atoms with Crippen molar-refractivity contribution in [3.8, 4) is 0 Å². The molecule has 3 N–H and O–H groups in total. The summed E-state index contributed by atoms with van der Waals surface area (Å²) in [5.74, 6) is -0.277. The standard InChI is InChI=1S/C17H26N2O3/c1-11(2)15(5-6-20)19-16(21)10-18-17(22)14-8-12(3)7-13(4)9-14/h7-9,11,15,20H,5-6,10H2,1-4H3,(H,18,22)(H,19,21). The molecule has 0 bridgehead atoms. The molecule has 1 aromatic carbocycles. The van der Waals surface area contributed by atoms with Crippen molar-refractivity contribution in [1.29, 1.82) is 0 Å². The first-order valence-corrected chi connectivity index (χ1v) is 7.60. The minimum Gasteiger partial charge on any atom is -0.396 e. The second kappa shape index (κ2) is 8.54. The molecular weight excluding hydrogens is 280 g/mol. The number of carbonyl (C=O) groups is 2. The Morgan fingerprint density at radius 3 is 2.23 bits per heavy atom. The summed E-state index contributed by atoms with van der Waals surface area (Å²) in [7, 11) is 0. The van der Waals surface area contributed by atoms with Crippen LogP contribution in [0, 0.1) is 19.8 Å². The number of hydrogen-bond acceptors (Lipinski definition) is 3. The predicted octanol–water partition coefficient (Wildman–Crippen LogP) is 1.56. The summed E-state index contributed by atoms with van der Waals surface area (Å²) in [6, 6.07) is 5.49. The molecule has 0 spiro atoms. The van der Waals surface area contributed by atoms with E-state index in [0.29, 0.717) is 12.0 Å². The molecule has 1 rings (SSSR count). The Balaban J connectivity index is 2.54. The summed E-state index contributed by atoms with van der Waals surface area (Å²) >= 11 is 0. The van der Waals surface area contributed by atoms with E-state index >= 15 is 0 Å². The second-order valence-electron chi connectivity index (χ2n) is 5.99. The van der Waals surface area contributed by atoms with E-state index < -0.39 is 0 Å². The van der Waals surface area contributed by atoms with Crippen LogP contribution in [0.25, 0.3) is 0 Å². The van der Waals surface area contributed by atoms with Crippen LogP contribution in [-0.4, -0.2) is 36.1 Å². The summed E-state index contributed by atoms with van der Waals surface area (Å²) in [6.45, 7) is 7.78. The molecule has 0 heterocycles. The van der Waals surface area contributed by atoms with Crippen molar-refractivity contribution < 1.29 is 14.7 Å². The van der Waals surface area contributed by atoms with Crippen LogP contribution in [0.5, 0.6) is 0 Å². The van der Waals surface area contributed by atoms with Gasteiger partial charge >= 0.3 is 0 Å². The number of rotatable bonds is 7. The molecule has 0 radical (unpaired) electrons. The van der Waals surface area contributed by atoms with Crippen LogP contribution in [-0.2, 0) is 4.79 Å². The van der Waals surface area contributed by atoms with Gasteiger partial charge in [-0.3, -0.25) is 9.59 Å². The fourth-order valence-electron chi connectivity index (χ4n) is 2.34. The van der Waals surface area contributed by atoms with Gasteiger partial charge in [-0.1, -0.05) is 31.0 Å². The molecule has 0 aliphatic heterocycles. The van der Waals surface area contributed by atoms with Gasteiger partial charge in [-0.25, -0.2) is 0 Å². The number of nitrogens with one attached hydrogen (secondary N) is 2. The minimum atomic E-state index is -0.259. The Morgan fingerprint density at radius 2 is 1.73 bits per heavy atom. The molecule has 5 nitrogen and oxygen atoms in total. The average molecular weight is 306 g/mol. The average Bonchev–Trinajstić information content (AvgIpc) is 2.43. The molecule has 0 aliphatic rings. The lowest BCUT2D eigenvalue weighted by atomic mass is 10.0. The third-order valence-electron chi connectivity index (χ3n) is 3.48. The zero-order chi connectivity index (χ0) is 16.7. The van der Waals surface area contributed by atoms with Crippen LogP contribution in [0.4, 0.5) is 0 Å². The molecule has 1 atom stereocenters. The highest BCUT2D eigenvalue weighted by molar-refractivity contribution is 5.96. The summed E-state index contributed by atoms with van der Waals surface area (Å²) in [5, 5.41) is 14.5. The molecule has 0 aromatic heterocycles. The van der Waals surface area contributed by atoms with Crippen molar-refractivity contribution in [2.45, 2.75) is 40.2 Å². The maximum atomic E-state index is 12.1. The smallest absolute Gasteiger partial charge is 0.251 e. The predicted molar refractivity (Wildman–Crippen MR) is 86.7 cm³/mol. The van der Waals surface area contributed by atoms with Crippen molar-refractivity contribution >= 4 is 11.8 Å². The number of aliphatic hydroxyl groups is 1. The van der Waals surface area contributed by atoms with Crippen molar-refractivity contribution in [2.75, 3.05) is 13.2 Å². The quantitative estimate of drug-likeness (QED) is 0.715. The fourth-order valence-corrected chi connectivity index (χ4v) is 2.34. The maximum Gasteiger partial charge on any atom is 0.251 e. The van der Waals surface area contributed by atoms with Crippen molar-refractivity contribution in [2.24, 2.45) is 5.92 Å². The molecular formula is C17H26N2O3. The molecule has 0 fully saturated rings. The molecule has 22 heavy (non-hydrogen) atoms. The van der Waals surface area contributed by atoms with Gasteiger partial charge in [0.1, 0.15) is 0 Å². The van der Waals surface area contributed by atoms with Gasteiger partial charge in [-0.2, -0.15) is 0 Å². The van der Waals surface area contributed by atoms with Gasteiger partial charge in [0, 0.05) is 18.2 Å². The maximum absolute atomic E-state index is 12.1. The van der Waals surface area contributed by atoms with Gasteiger partial charge in [0.2, 0.25) is 5.91 Å². The van der Waals surface area contributed by atoms with Gasteiger partial charge < -0.3 is 15.7 Å². The number of aliphatic hydroxyl groups excluding tert-OH is 1. The van der Waals surface area contributed by atoms with E-state index in [1.807, 2.05) is 33.8 Å². The molecule has 122 valence electrons. The molecule has 5 heteroatoms. The Hall–Kier alpha value is -1.88. The lowest BCUT2D eigenvalue weighted by Crippen LogP contribution is -2.44. The third-order valence-corrected chi connectivity index (χ3v) is 3.48. The van der Waals surface area contributed by atoms with Gasteiger partial charge in [-0.15, -0.1) is 0 Å². The summed E-state index contributed by atoms with van der Waals surface area (Å²) in [5.41, 5.74) is 2.58. The lowest BCUT2D eigenvalue weighted by Gasteiger charge is -2.21. The van der Waals surface area contributed by atoms with Crippen LogP contribution in [0.15, 0.2) is 18.2 Å². The Labute approximate surface area is 132 Å². The number of aryl methyl sites for hydroxylation is 2. The number of carbonyl (C=O) groups excluding carboxylic acids is 2. The molecule has 0 aliphatic carbocycles. The molecule has 1 unspecified atom stereocenters. The van der Waals surface area contributed by atoms with Crippen LogP contribution >= 0.6 is 0 Å². The normalized spacial score (nSPS) is 12.1. The topological polar surface area (TPSA) is 78.4 Å². The van der Waals surface area contributed by atoms with E-state index in [0.717, 1.165) is 11.1 Å². The second-order valence-corrected chi connectivity index (χ2v) is 5.99. The van der Waals surface area contributed by atoms with E-state index in [2.05, 4.69) is 10.6 Å². The highest BCUT2D eigenvalue weighted by atomic mass is 16.3. The Morgan fingerprint density at radius 1 is 1.14 bits per heavy atom. The van der Waals surface area contributed by atoms with Crippen molar-refractivity contribution in [3.63, 3.8) is 0 Å². The lowest BCUT2D eigenvalue weighted by molar-refractivity contribution is -0.121. The third kappa shape index (κ3) is 5.85. The van der Waals surface area contributed by atoms with Crippen molar-refractivity contribution in [3.05, 3.63) is 34.9 Å². The van der Waals surface area contributed by atoms with Gasteiger partial charge in [0.15, 0.2) is 0 Å². The van der Waals surface area contributed by atoms with Gasteiger partial charge in [0.05, 0.1) is 6.54 Å². The first-order valence-electron chi connectivity index (χ1n) is 7.60. The molecule has 1 aromatic rings.